The number of hydrogen-bond acceptors (Lipinski definition) is 5. The second-order valence-corrected chi connectivity index (χ2v) is 6.61. The van der Waals surface area contributed by atoms with Crippen LogP contribution in [-0.4, -0.2) is 26.0 Å². The van der Waals surface area contributed by atoms with Crippen LogP contribution >= 0.6 is 0 Å². The number of benzene rings is 2. The van der Waals surface area contributed by atoms with E-state index >= 15 is 0 Å². The first kappa shape index (κ1) is 17.3. The summed E-state index contributed by atoms with van der Waals surface area (Å²) in [6.07, 6.45) is 1.10. The van der Waals surface area contributed by atoms with Crippen molar-refractivity contribution in [2.75, 3.05) is 14.2 Å². The number of esters is 1. The molecule has 0 aromatic heterocycles. The van der Waals surface area contributed by atoms with Crippen molar-refractivity contribution in [1.82, 2.24) is 0 Å². The van der Waals surface area contributed by atoms with Gasteiger partial charge in [-0.15, -0.1) is 0 Å². The summed E-state index contributed by atoms with van der Waals surface area (Å²) in [5, 5.41) is 0. The van der Waals surface area contributed by atoms with Crippen LogP contribution in [0.5, 0.6) is 5.75 Å². The molecule has 0 saturated heterocycles. The van der Waals surface area contributed by atoms with Gasteiger partial charge >= 0.3 is 5.97 Å². The molecule has 5 nitrogen and oxygen atoms in total. The van der Waals surface area contributed by atoms with Crippen molar-refractivity contribution < 1.29 is 18.7 Å². The number of allylic oxidation sites excluding steroid dienone is 1. The first-order valence-corrected chi connectivity index (χ1v) is 8.63. The third-order valence-electron chi connectivity index (χ3n) is 5.40. The average molecular weight is 366 g/mol. The summed E-state index contributed by atoms with van der Waals surface area (Å²) >= 11 is 0. The molecule has 2 aromatic carbocycles. The van der Waals surface area contributed by atoms with E-state index in [2.05, 4.69) is 4.99 Å². The Bertz CT molecular complexity index is 995. The van der Waals surface area contributed by atoms with Gasteiger partial charge in [0.1, 0.15) is 17.4 Å². The zero-order valence-electron chi connectivity index (χ0n) is 15.1. The van der Waals surface area contributed by atoms with Crippen molar-refractivity contribution in [3.63, 3.8) is 0 Å². The van der Waals surface area contributed by atoms with Crippen LogP contribution in [0, 0.1) is 5.82 Å². The van der Waals surface area contributed by atoms with E-state index in [4.69, 9.17) is 15.2 Å². The summed E-state index contributed by atoms with van der Waals surface area (Å²) in [5.74, 6) is 0.160. The van der Waals surface area contributed by atoms with E-state index in [1.54, 1.807) is 19.2 Å². The summed E-state index contributed by atoms with van der Waals surface area (Å²) in [4.78, 5) is 17.0. The highest BCUT2D eigenvalue weighted by atomic mass is 19.1. The first-order valence-electron chi connectivity index (χ1n) is 8.63. The maximum Gasteiger partial charge on any atom is 0.335 e. The van der Waals surface area contributed by atoms with E-state index in [0.717, 1.165) is 11.1 Å². The number of rotatable bonds is 3. The fourth-order valence-corrected chi connectivity index (χ4v) is 4.22. The van der Waals surface area contributed by atoms with Crippen LogP contribution in [0.1, 0.15) is 29.5 Å². The lowest BCUT2D eigenvalue weighted by Gasteiger charge is -2.37. The molecule has 1 heterocycles. The summed E-state index contributed by atoms with van der Waals surface area (Å²) in [6, 6.07) is 12.0. The SMILES string of the molecule is COC(=O)C1=C2N=C(N)c3c(OC)cccc3C2(c2ccc(F)cc2)CC1. The van der Waals surface area contributed by atoms with E-state index in [1.807, 2.05) is 18.2 Å². The molecule has 1 atom stereocenters. The molecule has 27 heavy (non-hydrogen) atoms. The van der Waals surface area contributed by atoms with Gasteiger partial charge in [-0.25, -0.2) is 14.2 Å². The predicted octanol–water partition coefficient (Wildman–Crippen LogP) is 3.06. The van der Waals surface area contributed by atoms with Gasteiger partial charge in [0.2, 0.25) is 0 Å². The summed E-state index contributed by atoms with van der Waals surface area (Å²) < 4.78 is 24.0. The van der Waals surface area contributed by atoms with Gasteiger partial charge in [0, 0.05) is 0 Å². The Kier molecular flexibility index (Phi) is 3.98. The van der Waals surface area contributed by atoms with Gasteiger partial charge in [-0.05, 0) is 42.2 Å². The lowest BCUT2D eigenvalue weighted by Crippen LogP contribution is -2.36. The van der Waals surface area contributed by atoms with Crippen LogP contribution < -0.4 is 10.5 Å². The van der Waals surface area contributed by atoms with Crippen LogP contribution in [0.4, 0.5) is 4.39 Å². The number of amidine groups is 1. The minimum Gasteiger partial charge on any atom is -0.496 e. The van der Waals surface area contributed by atoms with E-state index in [-0.39, 0.29) is 5.82 Å². The monoisotopic (exact) mass is 366 g/mol. The maximum atomic E-state index is 13.6. The third kappa shape index (κ3) is 2.36. The predicted molar refractivity (Wildman–Crippen MR) is 99.2 cm³/mol. The quantitative estimate of drug-likeness (QED) is 0.848. The molecule has 2 N–H and O–H groups in total. The summed E-state index contributed by atoms with van der Waals surface area (Å²) in [7, 11) is 2.92. The highest BCUT2D eigenvalue weighted by Gasteiger charge is 2.50. The number of ether oxygens (including phenoxy) is 2. The van der Waals surface area contributed by atoms with Crippen molar-refractivity contribution in [1.29, 1.82) is 0 Å². The molecule has 1 unspecified atom stereocenters. The van der Waals surface area contributed by atoms with E-state index in [1.165, 1.54) is 19.2 Å². The number of carbonyl (C=O) groups is 1. The molecule has 0 radical (unpaired) electrons. The smallest absolute Gasteiger partial charge is 0.335 e. The van der Waals surface area contributed by atoms with Crippen molar-refractivity contribution >= 4 is 11.8 Å². The van der Waals surface area contributed by atoms with Crippen LogP contribution in [0.2, 0.25) is 0 Å². The Balaban J connectivity index is 2.08. The molecule has 4 rings (SSSR count). The molecule has 1 aliphatic heterocycles. The van der Waals surface area contributed by atoms with Gasteiger partial charge in [0.15, 0.2) is 0 Å². The van der Waals surface area contributed by atoms with Gasteiger partial charge in [-0.2, -0.15) is 0 Å². The Hall–Kier alpha value is -3.15. The number of halogens is 1. The highest BCUT2D eigenvalue weighted by molar-refractivity contribution is 6.05. The molecule has 0 saturated carbocycles. The normalized spacial score (nSPS) is 20.6. The molecule has 0 amide bonds. The molecule has 0 spiro atoms. The Labute approximate surface area is 156 Å². The van der Waals surface area contributed by atoms with Crippen molar-refractivity contribution in [2.45, 2.75) is 18.3 Å². The van der Waals surface area contributed by atoms with Crippen molar-refractivity contribution in [3.05, 3.63) is 76.2 Å². The second-order valence-electron chi connectivity index (χ2n) is 6.61. The Morgan fingerprint density at radius 2 is 1.93 bits per heavy atom. The maximum absolute atomic E-state index is 13.6. The molecule has 0 bridgehead atoms. The fourth-order valence-electron chi connectivity index (χ4n) is 4.22. The number of carbonyl (C=O) groups excluding carboxylic acids is 1. The molecule has 1 aliphatic carbocycles. The largest absolute Gasteiger partial charge is 0.496 e. The lowest BCUT2D eigenvalue weighted by atomic mass is 9.69. The van der Waals surface area contributed by atoms with Crippen LogP contribution in [0.15, 0.2) is 58.7 Å². The number of aliphatic imine (C=N–C) groups is 1. The van der Waals surface area contributed by atoms with Gasteiger partial charge in [-0.1, -0.05) is 24.3 Å². The minimum absolute atomic E-state index is 0.290. The zero-order valence-corrected chi connectivity index (χ0v) is 15.1. The van der Waals surface area contributed by atoms with Crippen LogP contribution in [0.3, 0.4) is 0 Å². The standard InChI is InChI=1S/C21H19FN2O3/c1-26-16-5-3-4-15-17(16)19(23)24-18-14(20(25)27-2)10-11-21(15,18)12-6-8-13(22)9-7-12/h3-9H,10-11H2,1-2H3,(H2,23,24). The molecule has 138 valence electrons. The van der Waals surface area contributed by atoms with Crippen molar-refractivity contribution in [2.24, 2.45) is 10.7 Å². The minimum atomic E-state index is -0.704. The second kappa shape index (κ2) is 6.23. The van der Waals surface area contributed by atoms with Crippen LogP contribution in [0.25, 0.3) is 0 Å². The molecular weight excluding hydrogens is 347 g/mol. The van der Waals surface area contributed by atoms with Gasteiger partial charge in [-0.3, -0.25) is 0 Å². The van der Waals surface area contributed by atoms with E-state index in [0.29, 0.717) is 41.3 Å². The average Bonchev–Trinajstić information content (AvgIpc) is 3.08. The number of fused-ring (bicyclic) bond motifs is 3. The topological polar surface area (TPSA) is 73.9 Å². The summed E-state index contributed by atoms with van der Waals surface area (Å²) in [5.41, 5.74) is 9.09. The Morgan fingerprint density at radius 1 is 1.19 bits per heavy atom. The van der Waals surface area contributed by atoms with Gasteiger partial charge < -0.3 is 15.2 Å². The van der Waals surface area contributed by atoms with Gasteiger partial charge in [0.05, 0.1) is 36.5 Å². The number of nitrogens with zero attached hydrogens (tertiary/aromatic N) is 1. The molecular formula is C21H19FN2O3. The highest BCUT2D eigenvalue weighted by Crippen LogP contribution is 2.54. The number of methoxy groups -OCH3 is 2. The van der Waals surface area contributed by atoms with Gasteiger partial charge in [0.25, 0.3) is 0 Å². The molecule has 0 fully saturated rings. The summed E-state index contributed by atoms with van der Waals surface area (Å²) in [6.45, 7) is 0. The fraction of sp³-hybridized carbons (Fsp3) is 0.238. The first-order chi connectivity index (χ1) is 13.0. The molecule has 6 heteroatoms. The molecule has 2 aliphatic rings. The van der Waals surface area contributed by atoms with E-state index in [9.17, 15) is 9.18 Å². The lowest BCUT2D eigenvalue weighted by molar-refractivity contribution is -0.136. The van der Waals surface area contributed by atoms with Crippen molar-refractivity contribution in [3.8, 4) is 5.75 Å². The third-order valence-corrected chi connectivity index (χ3v) is 5.40. The van der Waals surface area contributed by atoms with Crippen LogP contribution in [-0.2, 0) is 14.9 Å². The zero-order chi connectivity index (χ0) is 19.2. The Morgan fingerprint density at radius 3 is 2.59 bits per heavy atom. The number of hydrogen-bond donors (Lipinski definition) is 1. The van der Waals surface area contributed by atoms with E-state index < -0.39 is 11.4 Å². The number of nitrogens with two attached hydrogens (primary N) is 1. The molecule has 2 aromatic rings.